The van der Waals surface area contributed by atoms with Gasteiger partial charge in [-0.3, -0.25) is 9.59 Å². The van der Waals surface area contributed by atoms with E-state index in [4.69, 9.17) is 4.74 Å². The average molecular weight is 389 g/mol. The van der Waals surface area contributed by atoms with Crippen LogP contribution in [0.1, 0.15) is 31.2 Å². The Labute approximate surface area is 162 Å². The van der Waals surface area contributed by atoms with Crippen molar-refractivity contribution in [2.24, 2.45) is 5.92 Å². The molecule has 0 aliphatic carbocycles. The number of piperidine rings is 1. The molecule has 0 spiro atoms. The number of aromatic nitrogens is 3. The number of rotatable bonds is 6. The summed E-state index contributed by atoms with van der Waals surface area (Å²) < 4.78 is 4.91. The highest BCUT2D eigenvalue weighted by atomic mass is 32.1. The first-order chi connectivity index (χ1) is 13.0. The van der Waals surface area contributed by atoms with Crippen molar-refractivity contribution >= 4 is 34.2 Å². The molecule has 1 N–H and O–H groups in total. The zero-order valence-electron chi connectivity index (χ0n) is 15.5. The molecule has 0 atom stereocenters. The molecule has 9 heteroatoms. The monoisotopic (exact) mass is 389 g/mol. The van der Waals surface area contributed by atoms with Gasteiger partial charge in [0.1, 0.15) is 0 Å². The van der Waals surface area contributed by atoms with Gasteiger partial charge in [0.2, 0.25) is 5.91 Å². The number of anilines is 2. The second kappa shape index (κ2) is 8.90. The molecule has 2 aromatic rings. The summed E-state index contributed by atoms with van der Waals surface area (Å²) in [6.07, 6.45) is 1.63. The van der Waals surface area contributed by atoms with Crippen molar-refractivity contribution in [2.75, 3.05) is 29.9 Å². The lowest BCUT2D eigenvalue weighted by Gasteiger charge is -2.31. The molecule has 3 heterocycles. The van der Waals surface area contributed by atoms with Gasteiger partial charge in [-0.25, -0.2) is 4.98 Å². The molecule has 27 heavy (non-hydrogen) atoms. The van der Waals surface area contributed by atoms with Gasteiger partial charge in [-0.05, 0) is 38.8 Å². The SMILES string of the molecule is CCOC(=O)Cc1csc(NC(=O)C2CCN(c3ccc(C)nn3)CC2)n1. The number of carbonyl (C=O) groups is 2. The molecular weight excluding hydrogens is 366 g/mol. The van der Waals surface area contributed by atoms with E-state index in [9.17, 15) is 9.59 Å². The van der Waals surface area contributed by atoms with Crippen molar-refractivity contribution < 1.29 is 14.3 Å². The number of carbonyl (C=O) groups excluding carboxylic acids is 2. The molecule has 1 fully saturated rings. The van der Waals surface area contributed by atoms with Gasteiger partial charge in [-0.2, -0.15) is 5.10 Å². The maximum atomic E-state index is 12.5. The van der Waals surface area contributed by atoms with Crippen LogP contribution in [-0.2, 0) is 20.7 Å². The average Bonchev–Trinajstić information content (AvgIpc) is 3.09. The Bertz CT molecular complexity index is 785. The standard InChI is InChI=1S/C18H23N5O3S/c1-3-26-16(24)10-14-11-27-18(19-14)20-17(25)13-6-8-23(9-7-13)15-5-4-12(2)21-22-15/h4-5,11,13H,3,6-10H2,1-2H3,(H,19,20,25). The summed E-state index contributed by atoms with van der Waals surface area (Å²) in [5.41, 5.74) is 1.50. The molecule has 0 aromatic carbocycles. The summed E-state index contributed by atoms with van der Waals surface area (Å²) in [4.78, 5) is 30.5. The van der Waals surface area contributed by atoms with E-state index >= 15 is 0 Å². The summed E-state index contributed by atoms with van der Waals surface area (Å²) >= 11 is 1.32. The Morgan fingerprint density at radius 1 is 1.30 bits per heavy atom. The number of thiazole rings is 1. The van der Waals surface area contributed by atoms with E-state index in [1.807, 2.05) is 19.1 Å². The van der Waals surface area contributed by atoms with Crippen molar-refractivity contribution in [1.29, 1.82) is 0 Å². The Balaban J connectivity index is 1.49. The Kier molecular flexibility index (Phi) is 6.33. The third kappa shape index (κ3) is 5.22. The number of amides is 1. The lowest BCUT2D eigenvalue weighted by atomic mass is 9.96. The molecule has 0 unspecified atom stereocenters. The van der Waals surface area contributed by atoms with Crippen LogP contribution in [0, 0.1) is 12.8 Å². The van der Waals surface area contributed by atoms with E-state index in [1.54, 1.807) is 12.3 Å². The second-order valence-electron chi connectivity index (χ2n) is 6.41. The van der Waals surface area contributed by atoms with Crippen molar-refractivity contribution in [3.8, 4) is 0 Å². The molecule has 2 aromatic heterocycles. The third-order valence-electron chi connectivity index (χ3n) is 4.39. The van der Waals surface area contributed by atoms with Crippen LogP contribution in [0.3, 0.4) is 0 Å². The van der Waals surface area contributed by atoms with Gasteiger partial charge in [0.25, 0.3) is 0 Å². The van der Waals surface area contributed by atoms with E-state index in [2.05, 4.69) is 25.4 Å². The van der Waals surface area contributed by atoms with Crippen LogP contribution in [0.25, 0.3) is 0 Å². The van der Waals surface area contributed by atoms with Crippen LogP contribution < -0.4 is 10.2 Å². The van der Waals surface area contributed by atoms with E-state index in [0.29, 0.717) is 17.4 Å². The summed E-state index contributed by atoms with van der Waals surface area (Å²) in [5, 5.41) is 13.5. The topological polar surface area (TPSA) is 97.3 Å². The van der Waals surface area contributed by atoms with Crippen LogP contribution in [0.15, 0.2) is 17.5 Å². The van der Waals surface area contributed by atoms with Gasteiger partial charge >= 0.3 is 5.97 Å². The third-order valence-corrected chi connectivity index (χ3v) is 5.19. The highest BCUT2D eigenvalue weighted by Gasteiger charge is 2.26. The first-order valence-electron chi connectivity index (χ1n) is 9.01. The highest BCUT2D eigenvalue weighted by Crippen LogP contribution is 2.24. The molecule has 144 valence electrons. The maximum Gasteiger partial charge on any atom is 0.311 e. The van der Waals surface area contributed by atoms with E-state index < -0.39 is 0 Å². The Morgan fingerprint density at radius 2 is 2.07 bits per heavy atom. The highest BCUT2D eigenvalue weighted by molar-refractivity contribution is 7.13. The number of ether oxygens (including phenoxy) is 1. The van der Waals surface area contributed by atoms with Gasteiger partial charge in [0, 0.05) is 24.4 Å². The lowest BCUT2D eigenvalue weighted by Crippen LogP contribution is -2.38. The molecule has 1 amide bonds. The minimum atomic E-state index is -0.313. The van der Waals surface area contributed by atoms with Crippen LogP contribution in [0.5, 0.6) is 0 Å². The fourth-order valence-corrected chi connectivity index (χ4v) is 3.66. The first kappa shape index (κ1) is 19.2. The van der Waals surface area contributed by atoms with E-state index in [1.165, 1.54) is 11.3 Å². The molecule has 0 saturated carbocycles. The molecular formula is C18H23N5O3S. The van der Waals surface area contributed by atoms with Gasteiger partial charge in [-0.15, -0.1) is 16.4 Å². The molecule has 8 nitrogen and oxygen atoms in total. The summed E-state index contributed by atoms with van der Waals surface area (Å²) in [6, 6.07) is 3.90. The summed E-state index contributed by atoms with van der Waals surface area (Å²) in [7, 11) is 0. The minimum absolute atomic E-state index is 0.0262. The molecule has 0 radical (unpaired) electrons. The number of hydrogen-bond donors (Lipinski definition) is 1. The second-order valence-corrected chi connectivity index (χ2v) is 7.27. The lowest BCUT2D eigenvalue weighted by molar-refractivity contribution is -0.142. The number of aryl methyl sites for hydroxylation is 1. The van der Waals surface area contributed by atoms with Crippen molar-refractivity contribution in [1.82, 2.24) is 15.2 Å². The van der Waals surface area contributed by atoms with Crippen LogP contribution in [0.4, 0.5) is 10.9 Å². The molecule has 1 aliphatic heterocycles. The first-order valence-corrected chi connectivity index (χ1v) is 9.89. The maximum absolute atomic E-state index is 12.5. The van der Waals surface area contributed by atoms with Crippen LogP contribution in [0.2, 0.25) is 0 Å². The zero-order chi connectivity index (χ0) is 19.2. The quantitative estimate of drug-likeness (QED) is 0.757. The zero-order valence-corrected chi connectivity index (χ0v) is 16.3. The van der Waals surface area contributed by atoms with Gasteiger partial charge in [0.15, 0.2) is 10.9 Å². The molecule has 3 rings (SSSR count). The van der Waals surface area contributed by atoms with Gasteiger partial charge < -0.3 is 15.0 Å². The number of nitrogens with one attached hydrogen (secondary N) is 1. The van der Waals surface area contributed by atoms with Crippen molar-refractivity contribution in [2.45, 2.75) is 33.1 Å². The summed E-state index contributed by atoms with van der Waals surface area (Å²) in [6.45, 7) is 5.55. The fraction of sp³-hybridized carbons (Fsp3) is 0.500. The predicted molar refractivity (Wildman–Crippen MR) is 103 cm³/mol. The van der Waals surface area contributed by atoms with Gasteiger partial charge in [0.05, 0.1) is 24.4 Å². The fourth-order valence-electron chi connectivity index (χ4n) is 2.94. The summed E-state index contributed by atoms with van der Waals surface area (Å²) in [5.74, 6) is 0.453. The minimum Gasteiger partial charge on any atom is -0.466 e. The van der Waals surface area contributed by atoms with Crippen LogP contribution in [-0.4, -0.2) is 46.8 Å². The number of hydrogen-bond acceptors (Lipinski definition) is 8. The van der Waals surface area contributed by atoms with Crippen LogP contribution >= 0.6 is 11.3 Å². The van der Waals surface area contributed by atoms with Gasteiger partial charge in [-0.1, -0.05) is 0 Å². The van der Waals surface area contributed by atoms with E-state index in [-0.39, 0.29) is 24.2 Å². The molecule has 1 saturated heterocycles. The Morgan fingerprint density at radius 3 is 2.74 bits per heavy atom. The smallest absolute Gasteiger partial charge is 0.311 e. The Hall–Kier alpha value is -2.55. The normalized spacial score (nSPS) is 14.8. The predicted octanol–water partition coefficient (Wildman–Crippen LogP) is 2.20. The largest absolute Gasteiger partial charge is 0.466 e. The van der Waals surface area contributed by atoms with Crippen molar-refractivity contribution in [3.05, 3.63) is 28.9 Å². The number of esters is 1. The molecule has 1 aliphatic rings. The molecule has 0 bridgehead atoms. The number of nitrogens with zero attached hydrogens (tertiary/aromatic N) is 4. The van der Waals surface area contributed by atoms with E-state index in [0.717, 1.165) is 37.4 Å². The van der Waals surface area contributed by atoms with Crippen molar-refractivity contribution in [3.63, 3.8) is 0 Å².